The lowest BCUT2D eigenvalue weighted by Crippen LogP contribution is -2.49. The van der Waals surface area contributed by atoms with Gasteiger partial charge in [-0.05, 0) is 5.92 Å². The standard InChI is InChI=1S/C7H13F2NO/c1-5-2-10(3-5)4-6(11)7(8)9/h5-7,11H,2-4H2,1H3. The second-order valence-electron chi connectivity index (χ2n) is 3.23. The fourth-order valence-corrected chi connectivity index (χ4v) is 1.32. The summed E-state index contributed by atoms with van der Waals surface area (Å²) in [5.74, 6) is 0.597. The van der Waals surface area contributed by atoms with Crippen molar-refractivity contribution in [3.63, 3.8) is 0 Å². The molecule has 0 aromatic carbocycles. The van der Waals surface area contributed by atoms with Crippen LogP contribution in [0.1, 0.15) is 6.92 Å². The average molecular weight is 165 g/mol. The highest BCUT2D eigenvalue weighted by molar-refractivity contribution is 4.78. The lowest BCUT2D eigenvalue weighted by atomic mass is 10.0. The molecular weight excluding hydrogens is 152 g/mol. The van der Waals surface area contributed by atoms with E-state index in [4.69, 9.17) is 5.11 Å². The largest absolute Gasteiger partial charge is 0.386 e. The summed E-state index contributed by atoms with van der Waals surface area (Å²) in [6.45, 7) is 3.85. The first-order chi connectivity index (χ1) is 5.09. The van der Waals surface area contributed by atoms with Crippen molar-refractivity contribution in [2.24, 2.45) is 5.92 Å². The zero-order valence-corrected chi connectivity index (χ0v) is 6.50. The van der Waals surface area contributed by atoms with Gasteiger partial charge in [0.1, 0.15) is 6.10 Å². The van der Waals surface area contributed by atoms with Crippen LogP contribution in [0.2, 0.25) is 0 Å². The number of halogens is 2. The molecule has 1 heterocycles. The number of likely N-dealkylation sites (tertiary alicyclic amines) is 1. The molecule has 0 aromatic rings. The Morgan fingerprint density at radius 3 is 2.45 bits per heavy atom. The lowest BCUT2D eigenvalue weighted by Gasteiger charge is -2.38. The Morgan fingerprint density at radius 2 is 2.09 bits per heavy atom. The predicted octanol–water partition coefficient (Wildman–Crippen LogP) is 0.564. The van der Waals surface area contributed by atoms with Crippen LogP contribution in [0.25, 0.3) is 0 Å². The molecule has 1 fully saturated rings. The third kappa shape index (κ3) is 2.38. The molecule has 1 saturated heterocycles. The molecule has 0 spiro atoms. The summed E-state index contributed by atoms with van der Waals surface area (Å²) in [7, 11) is 0. The van der Waals surface area contributed by atoms with Crippen molar-refractivity contribution in [3.8, 4) is 0 Å². The smallest absolute Gasteiger partial charge is 0.265 e. The van der Waals surface area contributed by atoms with Gasteiger partial charge < -0.3 is 5.11 Å². The SMILES string of the molecule is CC1CN(CC(O)C(F)F)C1. The molecule has 0 saturated carbocycles. The quantitative estimate of drug-likeness (QED) is 0.660. The van der Waals surface area contributed by atoms with Crippen molar-refractivity contribution in [2.75, 3.05) is 19.6 Å². The molecule has 1 unspecified atom stereocenters. The Labute approximate surface area is 64.8 Å². The van der Waals surface area contributed by atoms with Gasteiger partial charge in [-0.3, -0.25) is 4.90 Å². The van der Waals surface area contributed by atoms with E-state index in [0.717, 1.165) is 13.1 Å². The fourth-order valence-electron chi connectivity index (χ4n) is 1.32. The number of aliphatic hydroxyl groups is 1. The fraction of sp³-hybridized carbons (Fsp3) is 1.00. The van der Waals surface area contributed by atoms with Crippen LogP contribution in [0.4, 0.5) is 8.78 Å². The number of aliphatic hydroxyl groups excluding tert-OH is 1. The maximum atomic E-state index is 11.8. The maximum Gasteiger partial charge on any atom is 0.265 e. The van der Waals surface area contributed by atoms with Gasteiger partial charge in [0.25, 0.3) is 6.43 Å². The molecule has 1 rings (SSSR count). The van der Waals surface area contributed by atoms with Crippen LogP contribution in [0, 0.1) is 5.92 Å². The molecule has 2 nitrogen and oxygen atoms in total. The van der Waals surface area contributed by atoms with Crippen LogP contribution in [-0.4, -0.2) is 42.2 Å². The summed E-state index contributed by atoms with van der Waals surface area (Å²) in [4.78, 5) is 1.83. The topological polar surface area (TPSA) is 23.5 Å². The van der Waals surface area contributed by atoms with Gasteiger partial charge in [-0.25, -0.2) is 8.78 Å². The molecule has 1 aliphatic rings. The molecule has 0 radical (unpaired) electrons. The van der Waals surface area contributed by atoms with Crippen LogP contribution in [0.3, 0.4) is 0 Å². The number of nitrogens with zero attached hydrogens (tertiary/aromatic N) is 1. The van der Waals surface area contributed by atoms with Gasteiger partial charge in [-0.2, -0.15) is 0 Å². The number of alkyl halides is 2. The van der Waals surface area contributed by atoms with E-state index in [2.05, 4.69) is 6.92 Å². The lowest BCUT2D eigenvalue weighted by molar-refractivity contribution is -0.0415. The van der Waals surface area contributed by atoms with Crippen molar-refractivity contribution < 1.29 is 13.9 Å². The Balaban J connectivity index is 2.11. The van der Waals surface area contributed by atoms with Crippen molar-refractivity contribution in [3.05, 3.63) is 0 Å². The first-order valence-corrected chi connectivity index (χ1v) is 3.78. The molecule has 66 valence electrons. The predicted molar refractivity (Wildman–Crippen MR) is 37.6 cm³/mol. The molecule has 11 heavy (non-hydrogen) atoms. The van der Waals surface area contributed by atoms with Crippen LogP contribution >= 0.6 is 0 Å². The summed E-state index contributed by atoms with van der Waals surface area (Å²) in [6, 6.07) is 0. The molecular formula is C7H13F2NO. The van der Waals surface area contributed by atoms with Crippen LogP contribution in [0.15, 0.2) is 0 Å². The zero-order valence-electron chi connectivity index (χ0n) is 6.50. The monoisotopic (exact) mass is 165 g/mol. The van der Waals surface area contributed by atoms with Gasteiger partial charge in [0.15, 0.2) is 0 Å². The van der Waals surface area contributed by atoms with Gasteiger partial charge >= 0.3 is 0 Å². The normalized spacial score (nSPS) is 23.7. The second-order valence-corrected chi connectivity index (χ2v) is 3.23. The third-order valence-electron chi connectivity index (χ3n) is 1.88. The molecule has 1 atom stereocenters. The minimum absolute atomic E-state index is 0.113. The summed E-state index contributed by atoms with van der Waals surface area (Å²) in [5, 5.41) is 8.76. The molecule has 0 bridgehead atoms. The van der Waals surface area contributed by atoms with E-state index in [9.17, 15) is 8.78 Å². The van der Waals surface area contributed by atoms with Gasteiger partial charge in [-0.1, -0.05) is 6.92 Å². The molecule has 0 aromatic heterocycles. The Morgan fingerprint density at radius 1 is 1.55 bits per heavy atom. The Hall–Kier alpha value is -0.220. The maximum absolute atomic E-state index is 11.8. The highest BCUT2D eigenvalue weighted by Gasteiger charge is 2.27. The number of hydrogen-bond acceptors (Lipinski definition) is 2. The Bertz CT molecular complexity index is 126. The number of rotatable bonds is 3. The first-order valence-electron chi connectivity index (χ1n) is 3.78. The summed E-state index contributed by atoms with van der Waals surface area (Å²) >= 11 is 0. The van der Waals surface area contributed by atoms with Crippen molar-refractivity contribution in [2.45, 2.75) is 19.5 Å². The van der Waals surface area contributed by atoms with Crippen LogP contribution in [-0.2, 0) is 0 Å². The average Bonchev–Trinajstić information content (AvgIpc) is 1.84. The highest BCUT2D eigenvalue weighted by atomic mass is 19.3. The minimum atomic E-state index is -2.61. The van der Waals surface area contributed by atoms with E-state index >= 15 is 0 Å². The summed E-state index contributed by atoms with van der Waals surface area (Å²) < 4.78 is 23.5. The van der Waals surface area contributed by atoms with E-state index in [1.807, 2.05) is 4.90 Å². The van der Waals surface area contributed by atoms with Crippen molar-refractivity contribution >= 4 is 0 Å². The van der Waals surface area contributed by atoms with Crippen molar-refractivity contribution in [1.29, 1.82) is 0 Å². The van der Waals surface area contributed by atoms with E-state index in [1.54, 1.807) is 0 Å². The zero-order chi connectivity index (χ0) is 8.43. The molecule has 0 amide bonds. The van der Waals surface area contributed by atoms with Gasteiger partial charge in [0.2, 0.25) is 0 Å². The number of hydrogen-bond donors (Lipinski definition) is 1. The van der Waals surface area contributed by atoms with Gasteiger partial charge in [-0.15, -0.1) is 0 Å². The summed E-state index contributed by atoms with van der Waals surface area (Å²) in [6.07, 6.45) is -4.08. The number of β-amino-alcohol motifs (C(OH)–C–C–N with tert-alkyl or cyclic N) is 1. The molecule has 0 aliphatic carbocycles. The van der Waals surface area contributed by atoms with E-state index < -0.39 is 12.5 Å². The molecule has 1 N–H and O–H groups in total. The van der Waals surface area contributed by atoms with Crippen molar-refractivity contribution in [1.82, 2.24) is 4.90 Å². The van der Waals surface area contributed by atoms with Crippen LogP contribution < -0.4 is 0 Å². The molecule has 1 aliphatic heterocycles. The highest BCUT2D eigenvalue weighted by Crippen LogP contribution is 2.15. The van der Waals surface area contributed by atoms with E-state index in [1.165, 1.54) is 0 Å². The van der Waals surface area contributed by atoms with Gasteiger partial charge in [0.05, 0.1) is 0 Å². The summed E-state index contributed by atoms with van der Waals surface area (Å²) in [5.41, 5.74) is 0. The van der Waals surface area contributed by atoms with Gasteiger partial charge in [0, 0.05) is 19.6 Å². The van der Waals surface area contributed by atoms with E-state index in [0.29, 0.717) is 5.92 Å². The Kier molecular flexibility index (Phi) is 2.78. The van der Waals surface area contributed by atoms with Crippen LogP contribution in [0.5, 0.6) is 0 Å². The first kappa shape index (κ1) is 8.87. The minimum Gasteiger partial charge on any atom is -0.386 e. The molecule has 4 heteroatoms. The third-order valence-corrected chi connectivity index (χ3v) is 1.88. The second kappa shape index (κ2) is 3.45. The van der Waals surface area contributed by atoms with E-state index in [-0.39, 0.29) is 6.54 Å².